The van der Waals surface area contributed by atoms with E-state index in [4.69, 9.17) is 0 Å². The zero-order valence-corrected chi connectivity index (χ0v) is 18.8. The Bertz CT molecular complexity index is 392. The van der Waals surface area contributed by atoms with Gasteiger partial charge in [0.2, 0.25) is 0 Å². The van der Waals surface area contributed by atoms with Crippen molar-refractivity contribution in [1.29, 1.82) is 0 Å². The molecule has 0 saturated carbocycles. The molecule has 1 rings (SSSR count). The molecule has 4 heteroatoms. The molecule has 0 nitrogen and oxygen atoms in total. The summed E-state index contributed by atoms with van der Waals surface area (Å²) in [5.74, 6) is 0. The van der Waals surface area contributed by atoms with Crippen molar-refractivity contribution >= 4 is 32.3 Å². The van der Waals surface area contributed by atoms with Crippen molar-refractivity contribution in [3.8, 4) is 22.2 Å². The van der Waals surface area contributed by atoms with E-state index in [-0.39, 0.29) is 0 Å². The summed E-state index contributed by atoms with van der Waals surface area (Å²) in [5.41, 5.74) is 15.1. The molecule has 112 valence electrons. The monoisotopic (exact) mass is 336 g/mol. The zero-order valence-electron chi connectivity index (χ0n) is 14.8. The Morgan fingerprint density at radius 2 is 0.550 bits per heavy atom. The molecule has 0 unspecified atom stereocenters. The highest BCUT2D eigenvalue weighted by Crippen LogP contribution is 2.24. The molecule has 0 bridgehead atoms. The molecule has 0 aromatic carbocycles. The summed E-state index contributed by atoms with van der Waals surface area (Å²) in [6.45, 7) is 19.6. The molecule has 1 heterocycles. The van der Waals surface area contributed by atoms with Crippen LogP contribution in [-0.4, -0.2) is 32.3 Å². The van der Waals surface area contributed by atoms with E-state index in [9.17, 15) is 0 Å². The van der Waals surface area contributed by atoms with Gasteiger partial charge in [0.25, 0.3) is 0 Å². The van der Waals surface area contributed by atoms with Gasteiger partial charge in [0.1, 0.15) is 32.3 Å². The number of hydrogen-bond acceptors (Lipinski definition) is 0. The maximum Gasteiger partial charge on any atom is 0.131 e. The van der Waals surface area contributed by atoms with Crippen LogP contribution in [0.2, 0.25) is 76.6 Å². The van der Waals surface area contributed by atoms with Crippen LogP contribution in [0.3, 0.4) is 0 Å². The van der Waals surface area contributed by atoms with Gasteiger partial charge in [0.05, 0.1) is 0 Å². The SMILES string of the molecule is C[Si]1(C)C#C[Si](C)(C)CC[Si](C)(C)C#C[Si](C)(C)CC1. The largest absolute Gasteiger partial charge is 0.139 e. The van der Waals surface area contributed by atoms with Crippen molar-refractivity contribution in [3.63, 3.8) is 0 Å². The van der Waals surface area contributed by atoms with Crippen LogP contribution in [0.15, 0.2) is 0 Å². The second kappa shape index (κ2) is 6.00. The van der Waals surface area contributed by atoms with Crippen LogP contribution in [-0.2, 0) is 0 Å². The van der Waals surface area contributed by atoms with Crippen LogP contribution in [0, 0.1) is 22.2 Å². The third kappa shape index (κ3) is 6.63. The third-order valence-corrected chi connectivity index (χ3v) is 14.9. The molecule has 1 aliphatic heterocycles. The molecular weight excluding hydrogens is 305 g/mol. The Hall–Kier alpha value is -0.0125. The number of hydrogen-bond donors (Lipinski definition) is 0. The molecular formula is C16H32Si4. The molecule has 0 radical (unpaired) electrons. The highest BCUT2D eigenvalue weighted by molar-refractivity contribution is 6.95. The fraction of sp³-hybridized carbons (Fsp3) is 0.750. The Kier molecular flexibility index (Phi) is 5.41. The fourth-order valence-corrected chi connectivity index (χ4v) is 18.1. The summed E-state index contributed by atoms with van der Waals surface area (Å²) in [7, 11) is -5.31. The van der Waals surface area contributed by atoms with Crippen LogP contribution in [0.1, 0.15) is 0 Å². The average Bonchev–Trinajstić information content (AvgIpc) is 2.30. The molecule has 1 aliphatic rings. The van der Waals surface area contributed by atoms with Crippen molar-refractivity contribution in [2.24, 2.45) is 0 Å². The predicted molar refractivity (Wildman–Crippen MR) is 105 cm³/mol. The lowest BCUT2D eigenvalue weighted by molar-refractivity contribution is 1.30. The second-order valence-corrected chi connectivity index (χ2v) is 27.1. The first-order valence-electron chi connectivity index (χ1n) is 7.91. The molecule has 0 aliphatic carbocycles. The molecule has 0 aromatic rings. The maximum absolute atomic E-state index is 3.77. The molecule has 0 fully saturated rings. The first-order chi connectivity index (χ1) is 8.83. The van der Waals surface area contributed by atoms with Gasteiger partial charge in [0, 0.05) is 0 Å². The highest BCUT2D eigenvalue weighted by Gasteiger charge is 2.30. The van der Waals surface area contributed by atoms with Gasteiger partial charge in [0.15, 0.2) is 0 Å². The molecule has 0 amide bonds. The molecule has 0 spiro atoms. The van der Waals surface area contributed by atoms with E-state index < -0.39 is 32.3 Å². The smallest absolute Gasteiger partial charge is 0.131 e. The molecule has 0 atom stereocenters. The summed E-state index contributed by atoms with van der Waals surface area (Å²) >= 11 is 0. The third-order valence-electron chi connectivity index (χ3n) is 4.23. The Balaban J connectivity index is 3.10. The van der Waals surface area contributed by atoms with Gasteiger partial charge in [-0.25, -0.2) is 0 Å². The first-order valence-corrected chi connectivity index (χ1v) is 20.7. The van der Waals surface area contributed by atoms with Crippen molar-refractivity contribution in [2.45, 2.75) is 76.6 Å². The topological polar surface area (TPSA) is 0 Å². The van der Waals surface area contributed by atoms with E-state index in [2.05, 4.69) is 74.6 Å². The van der Waals surface area contributed by atoms with E-state index in [1.807, 2.05) is 0 Å². The van der Waals surface area contributed by atoms with Crippen LogP contribution in [0.4, 0.5) is 0 Å². The minimum Gasteiger partial charge on any atom is -0.139 e. The van der Waals surface area contributed by atoms with Crippen LogP contribution in [0.5, 0.6) is 0 Å². The summed E-state index contributed by atoms with van der Waals surface area (Å²) in [6.07, 6.45) is 0. The first kappa shape index (κ1) is 18.0. The lowest BCUT2D eigenvalue weighted by Gasteiger charge is -2.25. The minimum atomic E-state index is -1.33. The molecule has 0 N–H and O–H groups in total. The summed E-state index contributed by atoms with van der Waals surface area (Å²) < 4.78 is 0. The van der Waals surface area contributed by atoms with Gasteiger partial charge >= 0.3 is 0 Å². The van der Waals surface area contributed by atoms with Crippen molar-refractivity contribution < 1.29 is 0 Å². The van der Waals surface area contributed by atoms with Gasteiger partial charge in [-0.3, -0.25) is 0 Å². The molecule has 0 aromatic heterocycles. The van der Waals surface area contributed by atoms with E-state index in [0.717, 1.165) is 0 Å². The molecule has 0 saturated heterocycles. The number of rotatable bonds is 0. The van der Waals surface area contributed by atoms with Gasteiger partial charge in [-0.05, 0) is 24.2 Å². The maximum atomic E-state index is 3.77. The van der Waals surface area contributed by atoms with E-state index in [1.54, 1.807) is 0 Å². The van der Waals surface area contributed by atoms with Gasteiger partial charge in [-0.15, -0.1) is 22.2 Å². The Labute approximate surface area is 131 Å². The van der Waals surface area contributed by atoms with Crippen molar-refractivity contribution in [2.75, 3.05) is 0 Å². The van der Waals surface area contributed by atoms with Crippen molar-refractivity contribution in [3.05, 3.63) is 0 Å². The van der Waals surface area contributed by atoms with E-state index >= 15 is 0 Å². The lowest BCUT2D eigenvalue weighted by atomic mass is 10.9. The Morgan fingerprint density at radius 1 is 0.400 bits per heavy atom. The predicted octanol–water partition coefficient (Wildman–Crippen LogP) is 5.00. The average molecular weight is 337 g/mol. The van der Waals surface area contributed by atoms with Crippen LogP contribution < -0.4 is 0 Å². The van der Waals surface area contributed by atoms with Crippen LogP contribution in [0.25, 0.3) is 0 Å². The van der Waals surface area contributed by atoms with E-state index in [1.165, 1.54) is 24.2 Å². The van der Waals surface area contributed by atoms with Crippen molar-refractivity contribution in [1.82, 2.24) is 0 Å². The van der Waals surface area contributed by atoms with Gasteiger partial charge < -0.3 is 0 Å². The highest BCUT2D eigenvalue weighted by atomic mass is 28.3. The second-order valence-electron chi connectivity index (χ2n) is 9.04. The normalized spacial score (nSPS) is 26.8. The summed E-state index contributed by atoms with van der Waals surface area (Å²) in [4.78, 5) is 0. The zero-order chi connectivity index (χ0) is 15.7. The summed E-state index contributed by atoms with van der Waals surface area (Å²) in [5, 5.41) is 0. The summed E-state index contributed by atoms with van der Waals surface area (Å²) in [6, 6.07) is 5.39. The Morgan fingerprint density at radius 3 is 0.700 bits per heavy atom. The van der Waals surface area contributed by atoms with Gasteiger partial charge in [-0.1, -0.05) is 52.4 Å². The standard InChI is InChI=1S/C16H32Si4/c1-17(2)9-11-18(3,4)13-15-20(7,8)16-14-19(5,6)12-10-17/h9,11,14,16H2,1-8H3. The fourth-order valence-electron chi connectivity index (χ4n) is 2.18. The quantitative estimate of drug-likeness (QED) is 0.431. The van der Waals surface area contributed by atoms with Gasteiger partial charge in [-0.2, -0.15) is 0 Å². The van der Waals surface area contributed by atoms with E-state index in [0.29, 0.717) is 0 Å². The lowest BCUT2D eigenvalue weighted by Crippen LogP contribution is -2.36. The van der Waals surface area contributed by atoms with Crippen LogP contribution >= 0.6 is 0 Å². The minimum absolute atomic E-state index is 1.33. The molecule has 20 heavy (non-hydrogen) atoms.